The summed E-state index contributed by atoms with van der Waals surface area (Å²) in [5, 5.41) is 2.95. The van der Waals surface area contributed by atoms with Crippen molar-refractivity contribution in [3.63, 3.8) is 0 Å². The summed E-state index contributed by atoms with van der Waals surface area (Å²) in [7, 11) is 3.20. The number of carbonyl (C=O) groups excluding carboxylic acids is 2. The summed E-state index contributed by atoms with van der Waals surface area (Å²) in [6, 6.07) is 12.9. The van der Waals surface area contributed by atoms with Crippen LogP contribution >= 0.6 is 0 Å². The molecule has 2 amide bonds. The monoisotopic (exact) mass is 440 g/mol. The van der Waals surface area contributed by atoms with Gasteiger partial charge >= 0.3 is 0 Å². The molecule has 1 unspecified atom stereocenters. The van der Waals surface area contributed by atoms with Crippen LogP contribution in [0.4, 0.5) is 5.69 Å². The van der Waals surface area contributed by atoms with Crippen molar-refractivity contribution in [3.05, 3.63) is 48.0 Å². The second-order valence-corrected chi connectivity index (χ2v) is 8.34. The summed E-state index contributed by atoms with van der Waals surface area (Å²) in [6.07, 6.45) is 1.17. The van der Waals surface area contributed by atoms with Gasteiger partial charge in [0.1, 0.15) is 5.75 Å². The van der Waals surface area contributed by atoms with Gasteiger partial charge in [0, 0.05) is 25.2 Å². The predicted molar refractivity (Wildman–Crippen MR) is 123 cm³/mol. The minimum atomic E-state index is -0.384. The Hall–Kier alpha value is -3.22. The molecule has 32 heavy (non-hydrogen) atoms. The fraction of sp³-hybridized carbons (Fsp3) is 0.440. The van der Waals surface area contributed by atoms with Gasteiger partial charge in [0.2, 0.25) is 11.8 Å². The Morgan fingerprint density at radius 3 is 2.50 bits per heavy atom. The molecular formula is C25H32N2O5. The Morgan fingerprint density at radius 2 is 1.84 bits per heavy atom. The molecule has 1 N–H and O–H groups in total. The first kappa shape index (κ1) is 23.4. The average Bonchev–Trinajstić information content (AvgIpc) is 3.19. The van der Waals surface area contributed by atoms with Crippen LogP contribution < -0.4 is 24.4 Å². The van der Waals surface area contributed by atoms with Gasteiger partial charge in [-0.1, -0.05) is 19.9 Å². The average molecular weight is 441 g/mol. The van der Waals surface area contributed by atoms with E-state index in [1.807, 2.05) is 30.3 Å². The Balaban J connectivity index is 1.55. The van der Waals surface area contributed by atoms with Gasteiger partial charge in [-0.15, -0.1) is 0 Å². The minimum absolute atomic E-state index is 0.0557. The van der Waals surface area contributed by atoms with Crippen LogP contribution in [0.25, 0.3) is 0 Å². The molecule has 0 saturated carbocycles. The lowest BCUT2D eigenvalue weighted by molar-refractivity contribution is -0.126. The maximum Gasteiger partial charge on any atom is 0.227 e. The number of amides is 2. The minimum Gasteiger partial charge on any atom is -0.497 e. The van der Waals surface area contributed by atoms with Crippen LogP contribution in [0.15, 0.2) is 42.5 Å². The third kappa shape index (κ3) is 5.93. The summed E-state index contributed by atoms with van der Waals surface area (Å²) in [4.78, 5) is 26.8. The van der Waals surface area contributed by atoms with Gasteiger partial charge in [-0.3, -0.25) is 9.59 Å². The zero-order valence-corrected chi connectivity index (χ0v) is 19.2. The first-order valence-corrected chi connectivity index (χ1v) is 10.9. The molecule has 2 aromatic carbocycles. The van der Waals surface area contributed by atoms with Gasteiger partial charge in [0.15, 0.2) is 11.5 Å². The molecule has 0 radical (unpaired) electrons. The van der Waals surface area contributed by atoms with Crippen molar-refractivity contribution in [1.29, 1.82) is 0 Å². The van der Waals surface area contributed by atoms with Crippen LogP contribution in [0.2, 0.25) is 0 Å². The molecule has 1 saturated heterocycles. The standard InChI is InChI=1S/C25H32N2O5/c1-17(2)11-12-32-22-10-5-18(13-23(22)31-4)15-26-25(29)19-14-24(28)27(16-19)20-6-8-21(30-3)9-7-20/h5-10,13,17,19H,11-12,14-16H2,1-4H3,(H,26,29). The number of ether oxygens (including phenoxy) is 3. The Morgan fingerprint density at radius 1 is 1.09 bits per heavy atom. The number of hydrogen-bond donors (Lipinski definition) is 1. The number of anilines is 1. The molecule has 2 aromatic rings. The zero-order chi connectivity index (χ0) is 23.1. The SMILES string of the molecule is COc1ccc(N2CC(C(=O)NCc3ccc(OCCC(C)C)c(OC)c3)CC2=O)cc1. The molecule has 0 spiro atoms. The highest BCUT2D eigenvalue weighted by Gasteiger charge is 2.35. The smallest absolute Gasteiger partial charge is 0.227 e. The number of benzene rings is 2. The van der Waals surface area contributed by atoms with Crippen LogP contribution in [-0.2, 0) is 16.1 Å². The van der Waals surface area contributed by atoms with Gasteiger partial charge in [0.25, 0.3) is 0 Å². The van der Waals surface area contributed by atoms with Gasteiger partial charge in [-0.25, -0.2) is 0 Å². The van der Waals surface area contributed by atoms with E-state index < -0.39 is 0 Å². The molecule has 1 aliphatic rings. The number of rotatable bonds is 10. The topological polar surface area (TPSA) is 77.1 Å². The maximum atomic E-state index is 12.7. The lowest BCUT2D eigenvalue weighted by Gasteiger charge is -2.17. The van der Waals surface area contributed by atoms with E-state index in [9.17, 15) is 9.59 Å². The van der Waals surface area contributed by atoms with Crippen molar-refractivity contribution >= 4 is 17.5 Å². The van der Waals surface area contributed by atoms with Gasteiger partial charge in [0.05, 0.1) is 26.7 Å². The third-order valence-corrected chi connectivity index (χ3v) is 5.53. The molecule has 1 atom stereocenters. The molecule has 7 heteroatoms. The lowest BCUT2D eigenvalue weighted by atomic mass is 10.1. The number of nitrogens with zero attached hydrogens (tertiary/aromatic N) is 1. The summed E-state index contributed by atoms with van der Waals surface area (Å²) in [5.41, 5.74) is 1.67. The van der Waals surface area contributed by atoms with Gasteiger partial charge in [-0.05, 0) is 54.3 Å². The van der Waals surface area contributed by atoms with E-state index in [0.717, 1.165) is 23.4 Å². The van der Waals surface area contributed by atoms with Crippen molar-refractivity contribution in [2.75, 3.05) is 32.3 Å². The largest absolute Gasteiger partial charge is 0.497 e. The van der Waals surface area contributed by atoms with Crippen LogP contribution in [0.3, 0.4) is 0 Å². The van der Waals surface area contributed by atoms with Crippen molar-refractivity contribution in [2.24, 2.45) is 11.8 Å². The van der Waals surface area contributed by atoms with Crippen molar-refractivity contribution < 1.29 is 23.8 Å². The van der Waals surface area contributed by atoms with Crippen LogP contribution in [-0.4, -0.2) is 39.2 Å². The van der Waals surface area contributed by atoms with E-state index in [1.54, 1.807) is 31.3 Å². The Kier molecular flexibility index (Phi) is 7.98. The highest BCUT2D eigenvalue weighted by Crippen LogP contribution is 2.29. The fourth-order valence-electron chi connectivity index (χ4n) is 3.57. The summed E-state index contributed by atoms with van der Waals surface area (Å²) in [5.74, 6) is 2.05. The predicted octanol–water partition coefficient (Wildman–Crippen LogP) is 3.80. The molecule has 1 fully saturated rings. The maximum absolute atomic E-state index is 12.7. The van der Waals surface area contributed by atoms with Crippen LogP contribution in [0.5, 0.6) is 17.2 Å². The number of carbonyl (C=O) groups is 2. The fourth-order valence-corrected chi connectivity index (χ4v) is 3.57. The van der Waals surface area contributed by atoms with Crippen molar-refractivity contribution in [3.8, 4) is 17.2 Å². The zero-order valence-electron chi connectivity index (χ0n) is 19.2. The van der Waals surface area contributed by atoms with Crippen molar-refractivity contribution in [2.45, 2.75) is 33.2 Å². The normalized spacial score (nSPS) is 15.7. The van der Waals surface area contributed by atoms with E-state index in [4.69, 9.17) is 14.2 Å². The molecule has 0 aliphatic carbocycles. The molecular weight excluding hydrogens is 408 g/mol. The quantitative estimate of drug-likeness (QED) is 0.608. The summed E-state index contributed by atoms with van der Waals surface area (Å²) in [6.45, 7) is 5.66. The Labute approximate surface area is 189 Å². The van der Waals surface area contributed by atoms with E-state index >= 15 is 0 Å². The lowest BCUT2D eigenvalue weighted by Crippen LogP contribution is -2.32. The van der Waals surface area contributed by atoms with Crippen molar-refractivity contribution in [1.82, 2.24) is 5.32 Å². The number of methoxy groups -OCH3 is 2. The number of nitrogens with one attached hydrogen (secondary N) is 1. The molecule has 3 rings (SSSR count). The highest BCUT2D eigenvalue weighted by atomic mass is 16.5. The van der Waals surface area contributed by atoms with Gasteiger partial charge < -0.3 is 24.4 Å². The molecule has 7 nitrogen and oxygen atoms in total. The van der Waals surface area contributed by atoms with Gasteiger partial charge in [-0.2, -0.15) is 0 Å². The first-order valence-electron chi connectivity index (χ1n) is 10.9. The van der Waals surface area contributed by atoms with Crippen LogP contribution in [0.1, 0.15) is 32.3 Å². The van der Waals surface area contributed by atoms with E-state index in [0.29, 0.717) is 37.1 Å². The summed E-state index contributed by atoms with van der Waals surface area (Å²) < 4.78 is 16.4. The molecule has 0 aromatic heterocycles. The second-order valence-electron chi connectivity index (χ2n) is 8.34. The Bertz CT molecular complexity index is 926. The van der Waals surface area contributed by atoms with E-state index in [2.05, 4.69) is 19.2 Å². The molecule has 1 heterocycles. The third-order valence-electron chi connectivity index (χ3n) is 5.53. The molecule has 1 aliphatic heterocycles. The molecule has 172 valence electrons. The summed E-state index contributed by atoms with van der Waals surface area (Å²) >= 11 is 0. The number of hydrogen-bond acceptors (Lipinski definition) is 5. The van der Waals surface area contributed by atoms with E-state index in [1.165, 1.54) is 0 Å². The molecule has 0 bridgehead atoms. The van der Waals surface area contributed by atoms with Crippen LogP contribution in [0, 0.1) is 11.8 Å². The second kappa shape index (κ2) is 10.9. The first-order chi connectivity index (χ1) is 15.4. The highest BCUT2D eigenvalue weighted by molar-refractivity contribution is 6.00. The van der Waals surface area contributed by atoms with E-state index in [-0.39, 0.29) is 24.2 Å².